The molecule has 70 heavy (non-hydrogen) atoms. The zero-order chi connectivity index (χ0) is 46.2. The second-order valence-corrected chi connectivity index (χ2v) is 18.4. The van der Waals surface area contributed by atoms with Crippen LogP contribution in [-0.4, -0.2) is 4.57 Å². The van der Waals surface area contributed by atoms with E-state index in [-0.39, 0.29) is 0 Å². The average Bonchev–Trinajstić information content (AvgIpc) is 4.09. The Labute approximate surface area is 406 Å². The van der Waals surface area contributed by atoms with Gasteiger partial charge in [-0.1, -0.05) is 206 Å². The summed E-state index contributed by atoms with van der Waals surface area (Å²) in [5, 5.41) is 4.67. The monoisotopic (exact) mass is 892 g/mol. The molecule has 2 heterocycles. The number of hydrogen-bond acceptors (Lipinski definition) is 2. The summed E-state index contributed by atoms with van der Waals surface area (Å²) in [4.78, 5) is 2.31. The summed E-state index contributed by atoms with van der Waals surface area (Å²) in [6.07, 6.45) is 0. The molecule has 0 aliphatic heterocycles. The SMILES string of the molecule is c1ccc(N(c2cccc(-c3cccc(-c4ccc5c6ccccc6n(-c6cccc7c6C(c6ccccc6)(c6ccccc6)c6ccccc6-7)c5c4)c3)c2)c2cccc3c2oc2ccccc23)cc1. The number of rotatable bonds is 8. The average molecular weight is 893 g/mol. The third-order valence-corrected chi connectivity index (χ3v) is 14.6. The summed E-state index contributed by atoms with van der Waals surface area (Å²) in [7, 11) is 0. The van der Waals surface area contributed by atoms with Gasteiger partial charge in [-0.25, -0.2) is 0 Å². The van der Waals surface area contributed by atoms with Crippen molar-refractivity contribution in [1.82, 2.24) is 4.57 Å². The highest BCUT2D eigenvalue weighted by Gasteiger charge is 2.48. The van der Waals surface area contributed by atoms with Crippen molar-refractivity contribution in [3.8, 4) is 39.1 Å². The molecular formula is C67H44N2O. The van der Waals surface area contributed by atoms with E-state index in [1.165, 1.54) is 60.9 Å². The van der Waals surface area contributed by atoms with E-state index in [0.29, 0.717) is 0 Å². The van der Waals surface area contributed by atoms with Gasteiger partial charge in [-0.2, -0.15) is 0 Å². The van der Waals surface area contributed by atoms with Crippen LogP contribution in [0.4, 0.5) is 17.1 Å². The number of benzene rings is 11. The molecule has 1 aliphatic carbocycles. The van der Waals surface area contributed by atoms with Crippen LogP contribution in [0, 0.1) is 0 Å². The van der Waals surface area contributed by atoms with Crippen molar-refractivity contribution in [1.29, 1.82) is 0 Å². The van der Waals surface area contributed by atoms with Gasteiger partial charge in [-0.15, -0.1) is 0 Å². The molecule has 1 aliphatic rings. The van der Waals surface area contributed by atoms with Crippen molar-refractivity contribution in [3.63, 3.8) is 0 Å². The minimum absolute atomic E-state index is 0.558. The molecule has 3 nitrogen and oxygen atoms in total. The fourth-order valence-corrected chi connectivity index (χ4v) is 11.7. The molecule has 0 atom stereocenters. The summed E-state index contributed by atoms with van der Waals surface area (Å²) < 4.78 is 9.15. The van der Waals surface area contributed by atoms with Gasteiger partial charge in [-0.05, 0) is 111 Å². The van der Waals surface area contributed by atoms with Gasteiger partial charge in [0.2, 0.25) is 0 Å². The zero-order valence-electron chi connectivity index (χ0n) is 38.2. The molecule has 0 radical (unpaired) electrons. The normalized spacial score (nSPS) is 12.7. The molecule has 0 amide bonds. The van der Waals surface area contributed by atoms with Crippen LogP contribution >= 0.6 is 0 Å². The van der Waals surface area contributed by atoms with Crippen molar-refractivity contribution in [2.45, 2.75) is 5.41 Å². The molecule has 0 bridgehead atoms. The first-order valence-corrected chi connectivity index (χ1v) is 24.1. The molecular weight excluding hydrogens is 849 g/mol. The lowest BCUT2D eigenvalue weighted by Gasteiger charge is -2.35. The highest BCUT2D eigenvalue weighted by molar-refractivity contribution is 6.12. The van der Waals surface area contributed by atoms with Crippen LogP contribution in [0.5, 0.6) is 0 Å². The Balaban J connectivity index is 0.933. The van der Waals surface area contributed by atoms with E-state index in [1.54, 1.807) is 0 Å². The second-order valence-electron chi connectivity index (χ2n) is 18.4. The van der Waals surface area contributed by atoms with Crippen LogP contribution in [0.25, 0.3) is 82.8 Å². The molecule has 14 rings (SSSR count). The number of para-hydroxylation sites is 4. The van der Waals surface area contributed by atoms with Gasteiger partial charge in [0, 0.05) is 38.5 Å². The second kappa shape index (κ2) is 16.0. The minimum atomic E-state index is -0.558. The molecule has 328 valence electrons. The van der Waals surface area contributed by atoms with Crippen molar-refractivity contribution in [3.05, 3.63) is 289 Å². The quantitative estimate of drug-likeness (QED) is 0.152. The summed E-state index contributed by atoms with van der Waals surface area (Å²) in [6, 6.07) is 97.2. The Hall–Kier alpha value is -9.18. The molecule has 0 saturated carbocycles. The molecule has 0 spiro atoms. The van der Waals surface area contributed by atoms with E-state index in [9.17, 15) is 0 Å². The zero-order valence-corrected chi connectivity index (χ0v) is 38.2. The predicted molar refractivity (Wildman–Crippen MR) is 291 cm³/mol. The van der Waals surface area contributed by atoms with Crippen molar-refractivity contribution in [2.24, 2.45) is 0 Å². The van der Waals surface area contributed by atoms with Gasteiger partial charge < -0.3 is 13.9 Å². The minimum Gasteiger partial charge on any atom is -0.454 e. The maximum absolute atomic E-state index is 6.62. The lowest BCUT2D eigenvalue weighted by molar-refractivity contribution is 0.669. The Bertz CT molecular complexity index is 4090. The lowest BCUT2D eigenvalue weighted by atomic mass is 9.67. The number of hydrogen-bond donors (Lipinski definition) is 0. The maximum Gasteiger partial charge on any atom is 0.159 e. The van der Waals surface area contributed by atoms with E-state index in [4.69, 9.17) is 4.42 Å². The Morgan fingerprint density at radius 2 is 0.914 bits per heavy atom. The van der Waals surface area contributed by atoms with Gasteiger partial charge in [-0.3, -0.25) is 0 Å². The van der Waals surface area contributed by atoms with E-state index < -0.39 is 5.41 Å². The van der Waals surface area contributed by atoms with Gasteiger partial charge in [0.1, 0.15) is 5.58 Å². The highest BCUT2D eigenvalue weighted by atomic mass is 16.3. The lowest BCUT2D eigenvalue weighted by Crippen LogP contribution is -2.29. The van der Waals surface area contributed by atoms with Crippen molar-refractivity contribution < 1.29 is 4.42 Å². The van der Waals surface area contributed by atoms with Crippen LogP contribution in [0.1, 0.15) is 22.3 Å². The summed E-state index contributed by atoms with van der Waals surface area (Å²) in [5.74, 6) is 0. The first-order chi connectivity index (χ1) is 34.7. The Morgan fingerprint density at radius 1 is 0.357 bits per heavy atom. The van der Waals surface area contributed by atoms with Gasteiger partial charge in [0.15, 0.2) is 5.58 Å². The highest BCUT2D eigenvalue weighted by Crippen LogP contribution is 2.58. The molecule has 13 aromatic rings. The van der Waals surface area contributed by atoms with Crippen molar-refractivity contribution >= 4 is 60.8 Å². The van der Waals surface area contributed by atoms with E-state index in [0.717, 1.165) is 61.3 Å². The van der Waals surface area contributed by atoms with E-state index in [2.05, 4.69) is 264 Å². The molecule has 3 heteroatoms. The molecule has 0 N–H and O–H groups in total. The van der Waals surface area contributed by atoms with Crippen molar-refractivity contribution in [2.75, 3.05) is 4.90 Å². The number of fused-ring (bicyclic) bond motifs is 9. The topological polar surface area (TPSA) is 21.3 Å². The predicted octanol–water partition coefficient (Wildman–Crippen LogP) is 17.8. The molecule has 2 aromatic heterocycles. The van der Waals surface area contributed by atoms with Crippen LogP contribution in [-0.2, 0) is 5.41 Å². The van der Waals surface area contributed by atoms with Crippen LogP contribution < -0.4 is 4.90 Å². The first kappa shape index (κ1) is 39.9. The third-order valence-electron chi connectivity index (χ3n) is 14.6. The largest absolute Gasteiger partial charge is 0.454 e. The van der Waals surface area contributed by atoms with Gasteiger partial charge in [0.25, 0.3) is 0 Å². The maximum atomic E-state index is 6.62. The molecule has 0 saturated heterocycles. The summed E-state index contributed by atoms with van der Waals surface area (Å²) in [5.41, 5.74) is 20.0. The fourth-order valence-electron chi connectivity index (χ4n) is 11.7. The first-order valence-electron chi connectivity index (χ1n) is 24.1. The van der Waals surface area contributed by atoms with Crippen LogP contribution in [0.3, 0.4) is 0 Å². The number of furan rings is 1. The summed E-state index contributed by atoms with van der Waals surface area (Å²) >= 11 is 0. The standard InChI is InChI=1S/C67H44N2O/c1-4-23-49(24-5-1)67(50-25-6-2-7-26-50)59-35-13-10-30-53(59)57-33-18-37-61(65(57)67)69-60-36-14-11-31-54(60)55-41-40-48(44-63(55)69)46-21-16-20-45(42-46)47-22-17-29-52(43-47)68(51-27-8-3-9-28-51)62-38-19-34-58-56-32-12-15-39-64(56)70-66(58)62/h1-44H. The third kappa shape index (κ3) is 6.01. The smallest absolute Gasteiger partial charge is 0.159 e. The molecule has 0 fully saturated rings. The number of nitrogens with zero attached hydrogens (tertiary/aromatic N) is 2. The summed E-state index contributed by atoms with van der Waals surface area (Å²) in [6.45, 7) is 0. The Kier molecular flexibility index (Phi) is 9.11. The number of anilines is 3. The van der Waals surface area contributed by atoms with Gasteiger partial charge in [0.05, 0.1) is 27.8 Å². The Morgan fingerprint density at radius 3 is 1.70 bits per heavy atom. The number of aromatic nitrogens is 1. The van der Waals surface area contributed by atoms with Crippen LogP contribution in [0.2, 0.25) is 0 Å². The van der Waals surface area contributed by atoms with Gasteiger partial charge >= 0.3 is 0 Å². The molecule has 0 unspecified atom stereocenters. The van der Waals surface area contributed by atoms with E-state index >= 15 is 0 Å². The van der Waals surface area contributed by atoms with E-state index in [1.807, 2.05) is 12.1 Å². The molecule has 11 aromatic carbocycles. The van der Waals surface area contributed by atoms with Crippen LogP contribution in [0.15, 0.2) is 271 Å². The fraction of sp³-hybridized carbons (Fsp3) is 0.0149.